The average Bonchev–Trinajstić information content (AvgIpc) is 2.31. The second kappa shape index (κ2) is 3.34. The molecule has 3 rings (SSSR count). The fraction of sp³-hybridized carbons (Fsp3) is 0.0714. The van der Waals surface area contributed by atoms with E-state index in [4.69, 9.17) is 4.98 Å². The number of benzene rings is 2. The van der Waals surface area contributed by atoms with E-state index < -0.39 is 0 Å². The van der Waals surface area contributed by atoms with E-state index in [-0.39, 0.29) is 0 Å². The van der Waals surface area contributed by atoms with E-state index in [0.717, 1.165) is 11.0 Å². The van der Waals surface area contributed by atoms with Crippen molar-refractivity contribution < 1.29 is 0 Å². The standard InChI is InChI=1S/C14H12BN/c1-9-10-5-2-3-8-13(10)16-14-11(9)6-4-7-12(14)15/h2-8H,15H2,1H3. The lowest BCUT2D eigenvalue weighted by Crippen LogP contribution is -2.05. The zero-order chi connectivity index (χ0) is 11.1. The summed E-state index contributed by atoms with van der Waals surface area (Å²) in [5, 5.41) is 2.51. The first-order valence-corrected chi connectivity index (χ1v) is 5.52. The molecule has 0 aliphatic heterocycles. The third-order valence-corrected chi connectivity index (χ3v) is 3.18. The lowest BCUT2D eigenvalue weighted by Gasteiger charge is -2.08. The lowest BCUT2D eigenvalue weighted by atomic mass is 9.91. The molecule has 0 spiro atoms. The minimum absolute atomic E-state index is 1.09. The monoisotopic (exact) mass is 205 g/mol. The van der Waals surface area contributed by atoms with Crippen molar-refractivity contribution in [3.8, 4) is 0 Å². The minimum Gasteiger partial charge on any atom is -0.248 e. The van der Waals surface area contributed by atoms with Crippen molar-refractivity contribution in [2.75, 3.05) is 0 Å². The van der Waals surface area contributed by atoms with Crippen LogP contribution in [0.3, 0.4) is 0 Å². The fourth-order valence-electron chi connectivity index (χ4n) is 2.26. The van der Waals surface area contributed by atoms with Gasteiger partial charge in [0.25, 0.3) is 0 Å². The minimum atomic E-state index is 1.09. The van der Waals surface area contributed by atoms with Gasteiger partial charge in [0.15, 0.2) is 0 Å². The van der Waals surface area contributed by atoms with Crippen molar-refractivity contribution in [3.05, 3.63) is 48.0 Å². The van der Waals surface area contributed by atoms with Gasteiger partial charge in [-0.2, -0.15) is 0 Å². The predicted octanol–water partition coefficient (Wildman–Crippen LogP) is 1.95. The third-order valence-electron chi connectivity index (χ3n) is 3.18. The third kappa shape index (κ3) is 1.23. The van der Waals surface area contributed by atoms with E-state index in [1.54, 1.807) is 0 Å². The molecule has 0 saturated heterocycles. The van der Waals surface area contributed by atoms with Crippen LogP contribution < -0.4 is 5.46 Å². The van der Waals surface area contributed by atoms with Gasteiger partial charge in [-0.1, -0.05) is 41.9 Å². The maximum absolute atomic E-state index is 4.74. The number of aryl methyl sites for hydroxylation is 1. The Kier molecular flexibility index (Phi) is 1.96. The van der Waals surface area contributed by atoms with E-state index in [0.29, 0.717) is 0 Å². The highest BCUT2D eigenvalue weighted by Gasteiger charge is 2.05. The molecule has 0 atom stereocenters. The van der Waals surface area contributed by atoms with Crippen LogP contribution in [0.2, 0.25) is 0 Å². The Bertz CT molecular complexity index is 689. The second-order valence-corrected chi connectivity index (χ2v) is 4.23. The fourth-order valence-corrected chi connectivity index (χ4v) is 2.26. The van der Waals surface area contributed by atoms with Crippen LogP contribution in [0.15, 0.2) is 42.5 Å². The van der Waals surface area contributed by atoms with Crippen LogP contribution in [0.25, 0.3) is 21.8 Å². The number of hydrogen-bond donors (Lipinski definition) is 0. The van der Waals surface area contributed by atoms with Gasteiger partial charge in [-0.25, -0.2) is 4.98 Å². The van der Waals surface area contributed by atoms with Gasteiger partial charge in [0.1, 0.15) is 7.85 Å². The molecule has 76 valence electrons. The Morgan fingerprint density at radius 2 is 1.69 bits per heavy atom. The summed E-state index contributed by atoms with van der Waals surface area (Å²) in [6.07, 6.45) is 0. The molecule has 1 nitrogen and oxygen atoms in total. The molecule has 0 unspecified atom stereocenters. The van der Waals surface area contributed by atoms with Crippen molar-refractivity contribution >= 4 is 35.1 Å². The summed E-state index contributed by atoms with van der Waals surface area (Å²) in [5.74, 6) is 0. The molecule has 0 amide bonds. The highest BCUT2D eigenvalue weighted by atomic mass is 14.7. The maximum atomic E-state index is 4.74. The number of hydrogen-bond acceptors (Lipinski definition) is 1. The number of aromatic nitrogens is 1. The Balaban J connectivity index is 2.61. The van der Waals surface area contributed by atoms with Gasteiger partial charge in [0.2, 0.25) is 0 Å². The summed E-state index contributed by atoms with van der Waals surface area (Å²) in [6, 6.07) is 14.7. The van der Waals surface area contributed by atoms with Crippen molar-refractivity contribution in [1.29, 1.82) is 0 Å². The Labute approximate surface area is 95.5 Å². The van der Waals surface area contributed by atoms with Crippen molar-refractivity contribution in [1.82, 2.24) is 4.98 Å². The Morgan fingerprint density at radius 1 is 0.938 bits per heavy atom. The van der Waals surface area contributed by atoms with Gasteiger partial charge in [0.05, 0.1) is 11.0 Å². The molecule has 0 radical (unpaired) electrons. The van der Waals surface area contributed by atoms with Crippen molar-refractivity contribution in [2.24, 2.45) is 0 Å². The summed E-state index contributed by atoms with van der Waals surface area (Å²) in [4.78, 5) is 4.74. The van der Waals surface area contributed by atoms with Crippen LogP contribution in [-0.2, 0) is 0 Å². The van der Waals surface area contributed by atoms with E-state index in [1.807, 2.05) is 6.07 Å². The first kappa shape index (κ1) is 9.40. The molecule has 0 saturated carbocycles. The van der Waals surface area contributed by atoms with Crippen LogP contribution in [0.4, 0.5) is 0 Å². The van der Waals surface area contributed by atoms with Gasteiger partial charge in [0, 0.05) is 10.8 Å². The van der Waals surface area contributed by atoms with Gasteiger partial charge in [-0.3, -0.25) is 0 Å². The molecule has 16 heavy (non-hydrogen) atoms. The number of pyridine rings is 1. The first-order chi connectivity index (χ1) is 7.77. The highest BCUT2D eigenvalue weighted by Crippen LogP contribution is 2.23. The molecule has 1 aromatic heterocycles. The summed E-state index contributed by atoms with van der Waals surface area (Å²) >= 11 is 0. The van der Waals surface area contributed by atoms with Gasteiger partial charge < -0.3 is 0 Å². The second-order valence-electron chi connectivity index (χ2n) is 4.23. The molecule has 0 bridgehead atoms. The molecule has 3 aromatic rings. The molecule has 0 N–H and O–H groups in total. The maximum Gasteiger partial charge on any atom is 0.142 e. The van der Waals surface area contributed by atoms with Crippen LogP contribution in [-0.4, -0.2) is 12.8 Å². The SMILES string of the molecule is Bc1cccc2c(C)c3ccccc3nc12. The van der Waals surface area contributed by atoms with E-state index in [1.165, 1.54) is 21.8 Å². The molecule has 2 heteroatoms. The van der Waals surface area contributed by atoms with Crippen LogP contribution >= 0.6 is 0 Å². The zero-order valence-corrected chi connectivity index (χ0v) is 9.49. The number of fused-ring (bicyclic) bond motifs is 2. The normalized spacial score (nSPS) is 11.1. The van der Waals surface area contributed by atoms with Crippen LogP contribution in [0.5, 0.6) is 0 Å². The number of para-hydroxylation sites is 2. The smallest absolute Gasteiger partial charge is 0.142 e. The molecular formula is C14H12BN. The van der Waals surface area contributed by atoms with Gasteiger partial charge in [-0.15, -0.1) is 0 Å². The molecule has 0 aliphatic rings. The molecular weight excluding hydrogens is 193 g/mol. The lowest BCUT2D eigenvalue weighted by molar-refractivity contribution is 1.47. The topological polar surface area (TPSA) is 12.9 Å². The van der Waals surface area contributed by atoms with E-state index >= 15 is 0 Å². The zero-order valence-electron chi connectivity index (χ0n) is 9.49. The quantitative estimate of drug-likeness (QED) is 0.403. The molecule has 0 aliphatic carbocycles. The van der Waals surface area contributed by atoms with E-state index in [9.17, 15) is 0 Å². The first-order valence-electron chi connectivity index (χ1n) is 5.52. The summed E-state index contributed by atoms with van der Waals surface area (Å²) in [5.41, 5.74) is 4.77. The Morgan fingerprint density at radius 3 is 2.56 bits per heavy atom. The summed E-state index contributed by atoms with van der Waals surface area (Å²) in [6.45, 7) is 2.17. The van der Waals surface area contributed by atoms with Crippen molar-refractivity contribution in [2.45, 2.75) is 6.92 Å². The summed E-state index contributed by atoms with van der Waals surface area (Å²) < 4.78 is 0. The number of nitrogens with zero attached hydrogens (tertiary/aromatic N) is 1. The molecule has 0 fully saturated rings. The largest absolute Gasteiger partial charge is 0.248 e. The van der Waals surface area contributed by atoms with Gasteiger partial charge in [-0.05, 0) is 18.6 Å². The number of rotatable bonds is 0. The average molecular weight is 205 g/mol. The molecule has 1 heterocycles. The van der Waals surface area contributed by atoms with Crippen LogP contribution in [0.1, 0.15) is 5.56 Å². The van der Waals surface area contributed by atoms with Crippen LogP contribution in [0, 0.1) is 6.92 Å². The Hall–Kier alpha value is -1.83. The predicted molar refractivity (Wildman–Crippen MR) is 72.2 cm³/mol. The van der Waals surface area contributed by atoms with E-state index in [2.05, 4.69) is 51.2 Å². The highest BCUT2D eigenvalue weighted by molar-refractivity contribution is 6.38. The van der Waals surface area contributed by atoms with Gasteiger partial charge >= 0.3 is 0 Å². The van der Waals surface area contributed by atoms with Crippen molar-refractivity contribution in [3.63, 3.8) is 0 Å². The molecule has 2 aromatic carbocycles. The summed E-state index contributed by atoms with van der Waals surface area (Å²) in [7, 11) is 2.11.